The number of furan rings is 1. The monoisotopic (exact) mass is 351 g/mol. The van der Waals surface area contributed by atoms with E-state index in [0.717, 1.165) is 11.3 Å². The van der Waals surface area contributed by atoms with Gasteiger partial charge >= 0.3 is 0 Å². The summed E-state index contributed by atoms with van der Waals surface area (Å²) in [5.74, 6) is 0.617. The fraction of sp³-hybridized carbons (Fsp3) is 0.0714. The van der Waals surface area contributed by atoms with Gasteiger partial charge in [0.05, 0.1) is 17.6 Å². The number of aryl methyl sites for hydroxylation is 1. The molecule has 0 aliphatic carbocycles. The maximum atomic E-state index is 6.13. The normalized spacial score (nSPS) is 10.9. The van der Waals surface area contributed by atoms with Gasteiger partial charge in [0.25, 0.3) is 0 Å². The number of aromatic nitrogens is 2. The molecular weight excluding hydrogens is 342 g/mol. The smallest absolute Gasteiger partial charge is 0.169 e. The molecule has 0 saturated heterocycles. The van der Waals surface area contributed by atoms with E-state index < -0.39 is 0 Å². The maximum absolute atomic E-state index is 6.13. The molecule has 102 valence electrons. The number of nitrogens with two attached hydrogens (primary N) is 1. The molecule has 6 heteroatoms. The molecule has 0 atom stereocenters. The molecule has 0 unspecified atom stereocenters. The van der Waals surface area contributed by atoms with E-state index in [1.54, 1.807) is 16.9 Å². The van der Waals surface area contributed by atoms with Gasteiger partial charge in [-0.2, -0.15) is 5.10 Å². The summed E-state index contributed by atoms with van der Waals surface area (Å²) in [5.41, 5.74) is 9.02. The number of hydrogen-bond donors (Lipinski definition) is 1. The molecular formula is C14H11BrClN3O. The van der Waals surface area contributed by atoms with Gasteiger partial charge in [-0.05, 0) is 52.7 Å². The highest BCUT2D eigenvalue weighted by molar-refractivity contribution is 9.10. The molecule has 2 N–H and O–H groups in total. The first-order valence-electron chi connectivity index (χ1n) is 5.92. The van der Waals surface area contributed by atoms with Crippen molar-refractivity contribution in [2.45, 2.75) is 6.92 Å². The number of benzene rings is 1. The van der Waals surface area contributed by atoms with Crippen molar-refractivity contribution in [2.75, 3.05) is 5.73 Å². The van der Waals surface area contributed by atoms with Crippen LogP contribution in [0.4, 0.5) is 5.69 Å². The standard InChI is InChI=1S/C14H11BrClN3O/c1-8-2-3-9(6-10(8)16)19-7-11(17)14(18-19)12-4-5-13(15)20-12/h2-7H,17H2,1H3. The third kappa shape index (κ3) is 2.34. The van der Waals surface area contributed by atoms with E-state index in [1.807, 2.05) is 31.2 Å². The molecule has 2 heterocycles. The Bertz CT molecular complexity index is 779. The number of anilines is 1. The first-order chi connectivity index (χ1) is 9.54. The second-order valence-corrected chi connectivity index (χ2v) is 5.60. The Morgan fingerprint density at radius 1 is 1.30 bits per heavy atom. The van der Waals surface area contributed by atoms with E-state index >= 15 is 0 Å². The first kappa shape index (κ1) is 13.3. The van der Waals surface area contributed by atoms with Gasteiger partial charge in [-0.1, -0.05) is 17.7 Å². The highest BCUT2D eigenvalue weighted by atomic mass is 79.9. The molecule has 0 bridgehead atoms. The first-order valence-corrected chi connectivity index (χ1v) is 7.09. The van der Waals surface area contributed by atoms with Crippen LogP contribution in [0.15, 0.2) is 45.6 Å². The summed E-state index contributed by atoms with van der Waals surface area (Å²) in [6.07, 6.45) is 1.74. The Morgan fingerprint density at radius 3 is 2.75 bits per heavy atom. The largest absolute Gasteiger partial charge is 0.448 e. The van der Waals surface area contributed by atoms with Crippen LogP contribution in [0.3, 0.4) is 0 Å². The van der Waals surface area contributed by atoms with Crippen LogP contribution in [-0.4, -0.2) is 9.78 Å². The summed E-state index contributed by atoms with van der Waals surface area (Å²) >= 11 is 9.40. The van der Waals surface area contributed by atoms with Crippen LogP contribution in [0.25, 0.3) is 17.1 Å². The Labute approximate surface area is 129 Å². The van der Waals surface area contributed by atoms with Gasteiger partial charge in [0, 0.05) is 5.02 Å². The number of hydrogen-bond acceptors (Lipinski definition) is 3. The lowest BCUT2D eigenvalue weighted by Gasteiger charge is -2.03. The number of rotatable bonds is 2. The lowest BCUT2D eigenvalue weighted by Crippen LogP contribution is -1.95. The van der Waals surface area contributed by atoms with E-state index in [-0.39, 0.29) is 0 Å². The Morgan fingerprint density at radius 2 is 2.10 bits per heavy atom. The molecule has 0 fully saturated rings. The highest BCUT2D eigenvalue weighted by Crippen LogP contribution is 2.29. The second-order valence-electron chi connectivity index (χ2n) is 4.41. The van der Waals surface area contributed by atoms with Crippen molar-refractivity contribution < 1.29 is 4.42 Å². The van der Waals surface area contributed by atoms with E-state index in [2.05, 4.69) is 21.0 Å². The summed E-state index contributed by atoms with van der Waals surface area (Å²) in [6.45, 7) is 1.95. The molecule has 0 amide bonds. The summed E-state index contributed by atoms with van der Waals surface area (Å²) in [7, 11) is 0. The second kappa shape index (κ2) is 5.00. The van der Waals surface area contributed by atoms with E-state index in [0.29, 0.717) is 26.8 Å². The van der Waals surface area contributed by atoms with Crippen molar-refractivity contribution in [2.24, 2.45) is 0 Å². The van der Waals surface area contributed by atoms with Crippen molar-refractivity contribution in [3.63, 3.8) is 0 Å². The third-order valence-electron chi connectivity index (χ3n) is 2.97. The van der Waals surface area contributed by atoms with Crippen LogP contribution in [0.5, 0.6) is 0 Å². The van der Waals surface area contributed by atoms with Crippen LogP contribution >= 0.6 is 27.5 Å². The van der Waals surface area contributed by atoms with Crippen molar-refractivity contribution in [3.05, 3.63) is 51.8 Å². The van der Waals surface area contributed by atoms with Crippen LogP contribution in [0.1, 0.15) is 5.56 Å². The predicted octanol–water partition coefficient (Wildman–Crippen LogP) is 4.44. The number of halogens is 2. The lowest BCUT2D eigenvalue weighted by molar-refractivity contribution is 0.553. The van der Waals surface area contributed by atoms with Gasteiger partial charge in [-0.25, -0.2) is 4.68 Å². The van der Waals surface area contributed by atoms with Crippen molar-refractivity contribution in [1.82, 2.24) is 9.78 Å². The molecule has 3 aromatic rings. The van der Waals surface area contributed by atoms with Gasteiger partial charge in [-0.3, -0.25) is 0 Å². The van der Waals surface area contributed by atoms with Gasteiger partial charge < -0.3 is 10.2 Å². The highest BCUT2D eigenvalue weighted by Gasteiger charge is 2.13. The lowest BCUT2D eigenvalue weighted by atomic mass is 10.2. The predicted molar refractivity (Wildman–Crippen MR) is 83.1 cm³/mol. The van der Waals surface area contributed by atoms with Crippen LogP contribution in [0.2, 0.25) is 5.02 Å². The molecule has 0 radical (unpaired) electrons. The maximum Gasteiger partial charge on any atom is 0.169 e. The van der Waals surface area contributed by atoms with Gasteiger partial charge in [0.2, 0.25) is 0 Å². The van der Waals surface area contributed by atoms with E-state index in [4.69, 9.17) is 21.8 Å². The van der Waals surface area contributed by atoms with Gasteiger partial charge in [-0.15, -0.1) is 0 Å². The summed E-state index contributed by atoms with van der Waals surface area (Å²) < 4.78 is 7.80. The zero-order valence-corrected chi connectivity index (χ0v) is 12.9. The molecule has 1 aromatic carbocycles. The molecule has 20 heavy (non-hydrogen) atoms. The molecule has 3 rings (SSSR count). The summed E-state index contributed by atoms with van der Waals surface area (Å²) in [5, 5.41) is 5.15. The number of nitrogens with zero attached hydrogens (tertiary/aromatic N) is 2. The van der Waals surface area contributed by atoms with E-state index in [1.165, 1.54) is 0 Å². The SMILES string of the molecule is Cc1ccc(-n2cc(N)c(-c3ccc(Br)o3)n2)cc1Cl. The fourth-order valence-corrected chi connectivity index (χ4v) is 2.36. The Balaban J connectivity index is 2.06. The Kier molecular flexibility index (Phi) is 3.31. The molecule has 0 saturated carbocycles. The molecule has 0 aliphatic heterocycles. The minimum absolute atomic E-state index is 0.545. The molecule has 0 aliphatic rings. The summed E-state index contributed by atoms with van der Waals surface area (Å²) in [6, 6.07) is 9.35. The average Bonchev–Trinajstić information content (AvgIpc) is 2.99. The molecule has 0 spiro atoms. The van der Waals surface area contributed by atoms with Crippen LogP contribution in [-0.2, 0) is 0 Å². The van der Waals surface area contributed by atoms with Crippen molar-refractivity contribution in [1.29, 1.82) is 0 Å². The zero-order valence-electron chi connectivity index (χ0n) is 10.6. The topological polar surface area (TPSA) is 57.0 Å². The van der Waals surface area contributed by atoms with Crippen LogP contribution in [0, 0.1) is 6.92 Å². The Hall–Kier alpha value is -1.72. The van der Waals surface area contributed by atoms with Crippen molar-refractivity contribution >= 4 is 33.2 Å². The van der Waals surface area contributed by atoms with E-state index in [9.17, 15) is 0 Å². The zero-order chi connectivity index (χ0) is 14.3. The number of nitrogen functional groups attached to an aromatic ring is 1. The minimum atomic E-state index is 0.545. The van der Waals surface area contributed by atoms with Gasteiger partial charge in [0.15, 0.2) is 16.1 Å². The fourth-order valence-electron chi connectivity index (χ4n) is 1.88. The average molecular weight is 353 g/mol. The van der Waals surface area contributed by atoms with Crippen LogP contribution < -0.4 is 5.73 Å². The molecule has 4 nitrogen and oxygen atoms in total. The van der Waals surface area contributed by atoms with Gasteiger partial charge in [0.1, 0.15) is 0 Å². The molecule has 2 aromatic heterocycles. The van der Waals surface area contributed by atoms with Crippen molar-refractivity contribution in [3.8, 4) is 17.1 Å². The minimum Gasteiger partial charge on any atom is -0.448 e. The third-order valence-corrected chi connectivity index (χ3v) is 3.80. The quantitative estimate of drug-likeness (QED) is 0.742. The summed E-state index contributed by atoms with van der Waals surface area (Å²) in [4.78, 5) is 0.